The van der Waals surface area contributed by atoms with Crippen LogP contribution >= 0.6 is 0 Å². The first kappa shape index (κ1) is 14.2. The Kier molecular flexibility index (Phi) is 4.80. The lowest BCUT2D eigenvalue weighted by Gasteiger charge is -2.08. The number of rotatable bonds is 7. The molecule has 0 aliphatic carbocycles. The highest BCUT2D eigenvalue weighted by molar-refractivity contribution is 5.41. The molecule has 0 spiro atoms. The molecule has 0 saturated heterocycles. The van der Waals surface area contributed by atoms with Crippen molar-refractivity contribution < 1.29 is 8.91 Å². The number of aryl methyl sites for hydroxylation is 1. The summed E-state index contributed by atoms with van der Waals surface area (Å²) < 4.78 is 18.4. The smallest absolute Gasteiger partial charge is 0.224 e. The van der Waals surface area contributed by atoms with Crippen molar-refractivity contribution in [3.63, 3.8) is 0 Å². The Labute approximate surface area is 116 Å². The number of anilines is 2. The molecule has 2 aromatic heterocycles. The SMILES string of the molecule is CCCNc1ncc(F)c(NCCc2noc(C)n2)n1. The third-order valence-corrected chi connectivity index (χ3v) is 2.49. The first-order valence-electron chi connectivity index (χ1n) is 6.48. The van der Waals surface area contributed by atoms with Crippen molar-refractivity contribution in [2.45, 2.75) is 26.7 Å². The first-order chi connectivity index (χ1) is 9.69. The van der Waals surface area contributed by atoms with Crippen LogP contribution in [0.3, 0.4) is 0 Å². The van der Waals surface area contributed by atoms with Gasteiger partial charge in [0.1, 0.15) is 0 Å². The average molecular weight is 280 g/mol. The molecule has 2 rings (SSSR count). The molecule has 0 aliphatic rings. The van der Waals surface area contributed by atoms with Crippen LogP contribution in [0.25, 0.3) is 0 Å². The molecule has 0 radical (unpaired) electrons. The summed E-state index contributed by atoms with van der Waals surface area (Å²) in [7, 11) is 0. The Morgan fingerprint density at radius 2 is 2.10 bits per heavy atom. The zero-order valence-corrected chi connectivity index (χ0v) is 11.5. The summed E-state index contributed by atoms with van der Waals surface area (Å²) in [6.45, 7) is 4.95. The predicted molar refractivity (Wildman–Crippen MR) is 72.0 cm³/mol. The molecule has 0 atom stereocenters. The largest absolute Gasteiger partial charge is 0.367 e. The summed E-state index contributed by atoms with van der Waals surface area (Å²) in [6, 6.07) is 0. The molecule has 2 heterocycles. The summed E-state index contributed by atoms with van der Waals surface area (Å²) in [6.07, 6.45) is 2.62. The summed E-state index contributed by atoms with van der Waals surface area (Å²) >= 11 is 0. The number of aromatic nitrogens is 4. The van der Waals surface area contributed by atoms with Crippen molar-refractivity contribution in [1.82, 2.24) is 20.1 Å². The molecule has 2 N–H and O–H groups in total. The van der Waals surface area contributed by atoms with Crippen LogP contribution in [-0.4, -0.2) is 33.2 Å². The van der Waals surface area contributed by atoms with Crippen LogP contribution in [0.4, 0.5) is 16.2 Å². The number of hydrogen-bond acceptors (Lipinski definition) is 7. The van der Waals surface area contributed by atoms with Crippen molar-refractivity contribution in [1.29, 1.82) is 0 Å². The van der Waals surface area contributed by atoms with E-state index in [1.807, 2.05) is 6.92 Å². The first-order valence-corrected chi connectivity index (χ1v) is 6.48. The van der Waals surface area contributed by atoms with E-state index in [-0.39, 0.29) is 5.82 Å². The van der Waals surface area contributed by atoms with Crippen molar-refractivity contribution in [2.24, 2.45) is 0 Å². The highest BCUT2D eigenvalue weighted by atomic mass is 19.1. The van der Waals surface area contributed by atoms with Gasteiger partial charge in [0.05, 0.1) is 6.20 Å². The molecule has 0 aliphatic heterocycles. The second-order valence-electron chi connectivity index (χ2n) is 4.22. The fourth-order valence-corrected chi connectivity index (χ4v) is 1.55. The average Bonchev–Trinajstić information content (AvgIpc) is 2.85. The van der Waals surface area contributed by atoms with Gasteiger partial charge in [0.25, 0.3) is 0 Å². The van der Waals surface area contributed by atoms with Gasteiger partial charge in [-0.15, -0.1) is 0 Å². The molecule has 108 valence electrons. The fourth-order valence-electron chi connectivity index (χ4n) is 1.55. The fraction of sp³-hybridized carbons (Fsp3) is 0.500. The van der Waals surface area contributed by atoms with Crippen molar-refractivity contribution in [3.8, 4) is 0 Å². The quantitative estimate of drug-likeness (QED) is 0.799. The van der Waals surface area contributed by atoms with Gasteiger partial charge in [-0.2, -0.15) is 9.97 Å². The van der Waals surface area contributed by atoms with E-state index in [2.05, 4.69) is 30.7 Å². The van der Waals surface area contributed by atoms with E-state index in [9.17, 15) is 4.39 Å². The standard InChI is InChI=1S/C12H17FN6O/c1-3-5-15-12-16-7-9(13)11(18-12)14-6-4-10-17-8(2)20-19-10/h7H,3-6H2,1-2H3,(H2,14,15,16,18). The van der Waals surface area contributed by atoms with Crippen LogP contribution in [0.2, 0.25) is 0 Å². The molecule has 0 bridgehead atoms. The maximum Gasteiger partial charge on any atom is 0.224 e. The Bertz CT molecular complexity index is 559. The Morgan fingerprint density at radius 1 is 1.25 bits per heavy atom. The van der Waals surface area contributed by atoms with Crippen LogP contribution in [0, 0.1) is 12.7 Å². The van der Waals surface area contributed by atoms with Crippen LogP contribution in [0.1, 0.15) is 25.1 Å². The molecule has 0 aromatic carbocycles. The molecule has 2 aromatic rings. The van der Waals surface area contributed by atoms with E-state index in [1.54, 1.807) is 6.92 Å². The molecular formula is C12H17FN6O. The minimum atomic E-state index is -0.489. The number of nitrogens with zero attached hydrogens (tertiary/aromatic N) is 4. The summed E-state index contributed by atoms with van der Waals surface area (Å²) in [4.78, 5) is 12.0. The minimum Gasteiger partial charge on any atom is -0.367 e. The lowest BCUT2D eigenvalue weighted by molar-refractivity contribution is 0.387. The van der Waals surface area contributed by atoms with Gasteiger partial charge in [0, 0.05) is 26.4 Å². The second-order valence-corrected chi connectivity index (χ2v) is 4.22. The lowest BCUT2D eigenvalue weighted by atomic mass is 10.4. The van der Waals surface area contributed by atoms with Gasteiger partial charge in [-0.1, -0.05) is 12.1 Å². The van der Waals surface area contributed by atoms with Crippen molar-refractivity contribution in [3.05, 3.63) is 23.7 Å². The maximum absolute atomic E-state index is 13.6. The zero-order valence-electron chi connectivity index (χ0n) is 11.5. The molecule has 0 unspecified atom stereocenters. The van der Waals surface area contributed by atoms with Gasteiger partial charge in [-0.05, 0) is 6.42 Å². The van der Waals surface area contributed by atoms with E-state index >= 15 is 0 Å². The van der Waals surface area contributed by atoms with Gasteiger partial charge in [-0.25, -0.2) is 9.37 Å². The normalized spacial score (nSPS) is 10.6. The van der Waals surface area contributed by atoms with Gasteiger partial charge in [0.15, 0.2) is 17.5 Å². The highest BCUT2D eigenvalue weighted by Crippen LogP contribution is 2.11. The molecule has 0 fully saturated rings. The maximum atomic E-state index is 13.6. The summed E-state index contributed by atoms with van der Waals surface area (Å²) in [5, 5.41) is 9.67. The number of halogens is 1. The Hall–Kier alpha value is -2.25. The molecule has 8 heteroatoms. The monoisotopic (exact) mass is 280 g/mol. The van der Waals surface area contributed by atoms with E-state index < -0.39 is 5.82 Å². The van der Waals surface area contributed by atoms with Gasteiger partial charge >= 0.3 is 0 Å². The van der Waals surface area contributed by atoms with Crippen LogP contribution < -0.4 is 10.6 Å². The minimum absolute atomic E-state index is 0.166. The third kappa shape index (κ3) is 3.87. The summed E-state index contributed by atoms with van der Waals surface area (Å²) in [5.41, 5.74) is 0. The topological polar surface area (TPSA) is 88.8 Å². The number of hydrogen-bond donors (Lipinski definition) is 2. The van der Waals surface area contributed by atoms with Crippen molar-refractivity contribution >= 4 is 11.8 Å². The zero-order chi connectivity index (χ0) is 14.4. The predicted octanol–water partition coefficient (Wildman–Crippen LogP) is 1.78. The van der Waals surface area contributed by atoms with E-state index in [1.165, 1.54) is 0 Å². The third-order valence-electron chi connectivity index (χ3n) is 2.49. The second kappa shape index (κ2) is 6.78. The van der Waals surface area contributed by atoms with E-state index in [0.29, 0.717) is 30.6 Å². The van der Waals surface area contributed by atoms with Crippen molar-refractivity contribution in [2.75, 3.05) is 23.7 Å². The lowest BCUT2D eigenvalue weighted by Crippen LogP contribution is -2.11. The van der Waals surface area contributed by atoms with Gasteiger partial charge in [-0.3, -0.25) is 0 Å². The van der Waals surface area contributed by atoms with Gasteiger partial charge < -0.3 is 15.2 Å². The van der Waals surface area contributed by atoms with Crippen LogP contribution in [0.5, 0.6) is 0 Å². The molecule has 0 amide bonds. The molecule has 7 nitrogen and oxygen atoms in total. The van der Waals surface area contributed by atoms with Gasteiger partial charge in [0.2, 0.25) is 11.8 Å². The number of nitrogens with one attached hydrogen (secondary N) is 2. The molecule has 0 saturated carbocycles. The van der Waals surface area contributed by atoms with Crippen LogP contribution in [-0.2, 0) is 6.42 Å². The molecule has 20 heavy (non-hydrogen) atoms. The Balaban J connectivity index is 1.90. The molecular weight excluding hydrogens is 263 g/mol. The highest BCUT2D eigenvalue weighted by Gasteiger charge is 2.07. The van der Waals surface area contributed by atoms with Crippen LogP contribution in [0.15, 0.2) is 10.7 Å². The Morgan fingerprint density at radius 3 is 2.80 bits per heavy atom. The summed E-state index contributed by atoms with van der Waals surface area (Å²) in [5.74, 6) is 1.18. The van der Waals surface area contributed by atoms with E-state index in [4.69, 9.17) is 4.52 Å². The van der Waals surface area contributed by atoms with E-state index in [0.717, 1.165) is 19.2 Å².